The van der Waals surface area contributed by atoms with Crippen molar-refractivity contribution in [2.75, 3.05) is 19.8 Å². The maximum atomic E-state index is 5.54. The van der Waals surface area contributed by atoms with E-state index in [9.17, 15) is 0 Å². The fraction of sp³-hybridized carbons (Fsp3) is 0.600. The molecular weight excluding hydrogens is 226 g/mol. The van der Waals surface area contributed by atoms with Crippen LogP contribution in [0.25, 0.3) is 0 Å². The molecule has 0 amide bonds. The summed E-state index contributed by atoms with van der Waals surface area (Å²) >= 11 is 0. The average molecular weight is 249 g/mol. The molecule has 0 aromatic heterocycles. The summed E-state index contributed by atoms with van der Waals surface area (Å²) in [5, 5.41) is 3.58. The van der Waals surface area contributed by atoms with Crippen molar-refractivity contribution >= 4 is 0 Å². The first-order valence-electron chi connectivity index (χ1n) is 6.89. The highest BCUT2D eigenvalue weighted by Crippen LogP contribution is 2.14. The second kappa shape index (κ2) is 7.52. The summed E-state index contributed by atoms with van der Waals surface area (Å²) in [5.74, 6) is 0. The molecule has 1 saturated heterocycles. The molecular formula is C15H23NO2. The van der Waals surface area contributed by atoms with Crippen molar-refractivity contribution in [1.82, 2.24) is 5.32 Å². The highest BCUT2D eigenvalue weighted by Gasteiger charge is 2.21. The van der Waals surface area contributed by atoms with E-state index in [1.165, 1.54) is 5.56 Å². The van der Waals surface area contributed by atoms with Crippen molar-refractivity contribution in [2.45, 2.75) is 38.5 Å². The van der Waals surface area contributed by atoms with Gasteiger partial charge in [-0.15, -0.1) is 0 Å². The number of hydrogen-bond donors (Lipinski definition) is 1. The standard InChI is InChI=1S/C15H23NO2/c1-2-8-16-14(12-15-17-9-10-18-15)11-13-6-4-3-5-7-13/h3-7,14-16H,2,8-12H2,1H3. The van der Waals surface area contributed by atoms with Crippen molar-refractivity contribution in [3.8, 4) is 0 Å². The van der Waals surface area contributed by atoms with E-state index in [1.54, 1.807) is 0 Å². The third-order valence-electron chi connectivity index (χ3n) is 3.18. The van der Waals surface area contributed by atoms with Crippen LogP contribution in [0.2, 0.25) is 0 Å². The van der Waals surface area contributed by atoms with Crippen LogP contribution in [0.3, 0.4) is 0 Å². The lowest BCUT2D eigenvalue weighted by molar-refractivity contribution is -0.0526. The van der Waals surface area contributed by atoms with E-state index in [2.05, 4.69) is 42.6 Å². The molecule has 3 nitrogen and oxygen atoms in total. The summed E-state index contributed by atoms with van der Waals surface area (Å²) in [5.41, 5.74) is 1.36. The van der Waals surface area contributed by atoms with Gasteiger partial charge < -0.3 is 14.8 Å². The summed E-state index contributed by atoms with van der Waals surface area (Å²) in [4.78, 5) is 0. The van der Waals surface area contributed by atoms with Crippen LogP contribution in [0.4, 0.5) is 0 Å². The molecule has 1 unspecified atom stereocenters. The molecule has 1 aromatic carbocycles. The lowest BCUT2D eigenvalue weighted by Crippen LogP contribution is -2.35. The Morgan fingerprint density at radius 2 is 1.94 bits per heavy atom. The molecule has 100 valence electrons. The molecule has 0 aliphatic carbocycles. The quantitative estimate of drug-likeness (QED) is 0.804. The second-order valence-corrected chi connectivity index (χ2v) is 4.75. The third-order valence-corrected chi connectivity index (χ3v) is 3.18. The third kappa shape index (κ3) is 4.41. The number of nitrogens with one attached hydrogen (secondary N) is 1. The Bertz CT molecular complexity index is 323. The van der Waals surface area contributed by atoms with E-state index in [1.807, 2.05) is 0 Å². The lowest BCUT2D eigenvalue weighted by atomic mass is 10.0. The fourth-order valence-electron chi connectivity index (χ4n) is 2.26. The van der Waals surface area contributed by atoms with Crippen molar-refractivity contribution in [3.05, 3.63) is 35.9 Å². The average Bonchev–Trinajstić information content (AvgIpc) is 2.90. The van der Waals surface area contributed by atoms with Crippen LogP contribution in [-0.2, 0) is 15.9 Å². The number of rotatable bonds is 7. The predicted molar refractivity (Wildman–Crippen MR) is 72.5 cm³/mol. The molecule has 2 rings (SSSR count). The van der Waals surface area contributed by atoms with Gasteiger partial charge in [0, 0.05) is 12.5 Å². The Hall–Kier alpha value is -0.900. The minimum Gasteiger partial charge on any atom is -0.350 e. The Balaban J connectivity index is 1.87. The van der Waals surface area contributed by atoms with Crippen LogP contribution in [0.5, 0.6) is 0 Å². The zero-order chi connectivity index (χ0) is 12.6. The summed E-state index contributed by atoms with van der Waals surface area (Å²) in [6.07, 6.45) is 3.08. The monoisotopic (exact) mass is 249 g/mol. The SMILES string of the molecule is CCCNC(Cc1ccccc1)CC1OCCO1. The minimum absolute atomic E-state index is 0.0249. The molecule has 1 fully saturated rings. The van der Waals surface area contributed by atoms with Crippen LogP contribution in [0.15, 0.2) is 30.3 Å². The summed E-state index contributed by atoms with van der Waals surface area (Å²) in [6.45, 7) is 4.70. The van der Waals surface area contributed by atoms with Gasteiger partial charge in [-0.3, -0.25) is 0 Å². The molecule has 3 heteroatoms. The maximum absolute atomic E-state index is 5.54. The van der Waals surface area contributed by atoms with Crippen LogP contribution < -0.4 is 5.32 Å². The highest BCUT2D eigenvalue weighted by molar-refractivity contribution is 5.15. The molecule has 1 N–H and O–H groups in total. The first-order valence-corrected chi connectivity index (χ1v) is 6.89. The van der Waals surface area contributed by atoms with Gasteiger partial charge in [-0.2, -0.15) is 0 Å². The van der Waals surface area contributed by atoms with Crippen LogP contribution in [0.1, 0.15) is 25.3 Å². The van der Waals surface area contributed by atoms with Crippen molar-refractivity contribution in [1.29, 1.82) is 0 Å². The normalized spacial score (nSPS) is 18.1. The van der Waals surface area contributed by atoms with Gasteiger partial charge in [0.05, 0.1) is 13.2 Å². The molecule has 1 aliphatic rings. The number of benzene rings is 1. The smallest absolute Gasteiger partial charge is 0.159 e. The van der Waals surface area contributed by atoms with E-state index in [-0.39, 0.29) is 6.29 Å². The van der Waals surface area contributed by atoms with Crippen LogP contribution >= 0.6 is 0 Å². The number of ether oxygens (including phenoxy) is 2. The Labute approximate surface area is 109 Å². The van der Waals surface area contributed by atoms with Crippen molar-refractivity contribution in [3.63, 3.8) is 0 Å². The van der Waals surface area contributed by atoms with Gasteiger partial charge in [0.1, 0.15) is 0 Å². The van der Waals surface area contributed by atoms with Crippen LogP contribution in [-0.4, -0.2) is 32.1 Å². The molecule has 0 saturated carbocycles. The zero-order valence-corrected chi connectivity index (χ0v) is 11.1. The maximum Gasteiger partial charge on any atom is 0.159 e. The van der Waals surface area contributed by atoms with E-state index in [4.69, 9.17) is 9.47 Å². The van der Waals surface area contributed by atoms with Crippen molar-refractivity contribution < 1.29 is 9.47 Å². The Morgan fingerprint density at radius 3 is 2.61 bits per heavy atom. The second-order valence-electron chi connectivity index (χ2n) is 4.75. The van der Waals surface area contributed by atoms with E-state index in [0.29, 0.717) is 6.04 Å². The topological polar surface area (TPSA) is 30.5 Å². The van der Waals surface area contributed by atoms with Gasteiger partial charge in [-0.05, 0) is 24.9 Å². The molecule has 0 spiro atoms. The van der Waals surface area contributed by atoms with Gasteiger partial charge in [0.2, 0.25) is 0 Å². The summed E-state index contributed by atoms with van der Waals surface area (Å²) < 4.78 is 11.1. The molecule has 18 heavy (non-hydrogen) atoms. The Kier molecular flexibility index (Phi) is 5.65. The zero-order valence-electron chi connectivity index (χ0n) is 11.1. The molecule has 1 aliphatic heterocycles. The Morgan fingerprint density at radius 1 is 1.22 bits per heavy atom. The highest BCUT2D eigenvalue weighted by atomic mass is 16.7. The fourth-order valence-corrected chi connectivity index (χ4v) is 2.26. The van der Waals surface area contributed by atoms with Gasteiger partial charge >= 0.3 is 0 Å². The van der Waals surface area contributed by atoms with E-state index in [0.717, 1.165) is 39.0 Å². The lowest BCUT2D eigenvalue weighted by Gasteiger charge is -2.21. The largest absolute Gasteiger partial charge is 0.350 e. The summed E-state index contributed by atoms with van der Waals surface area (Å²) in [7, 11) is 0. The number of hydrogen-bond acceptors (Lipinski definition) is 3. The minimum atomic E-state index is -0.0249. The van der Waals surface area contributed by atoms with E-state index >= 15 is 0 Å². The van der Waals surface area contributed by atoms with E-state index < -0.39 is 0 Å². The first kappa shape index (κ1) is 13.5. The molecule has 1 atom stereocenters. The summed E-state index contributed by atoms with van der Waals surface area (Å²) in [6, 6.07) is 11.0. The molecule has 0 radical (unpaired) electrons. The predicted octanol–water partition coefficient (Wildman–Crippen LogP) is 2.36. The molecule has 1 heterocycles. The molecule has 1 aromatic rings. The van der Waals surface area contributed by atoms with Crippen molar-refractivity contribution in [2.24, 2.45) is 0 Å². The molecule has 0 bridgehead atoms. The van der Waals surface area contributed by atoms with Gasteiger partial charge in [0.25, 0.3) is 0 Å². The van der Waals surface area contributed by atoms with Gasteiger partial charge in [0.15, 0.2) is 6.29 Å². The first-order chi connectivity index (χ1) is 8.88. The van der Waals surface area contributed by atoms with Gasteiger partial charge in [-0.25, -0.2) is 0 Å². The van der Waals surface area contributed by atoms with Crippen LogP contribution in [0, 0.1) is 0 Å². The van der Waals surface area contributed by atoms with Gasteiger partial charge in [-0.1, -0.05) is 37.3 Å².